The first kappa shape index (κ1) is 10.5. The van der Waals surface area contributed by atoms with Crippen LogP contribution < -0.4 is 0 Å². The van der Waals surface area contributed by atoms with Gasteiger partial charge in [-0.15, -0.1) is 0 Å². The second-order valence-electron chi connectivity index (χ2n) is 5.03. The topological polar surface area (TPSA) is 34.5 Å². The van der Waals surface area contributed by atoms with Crippen molar-refractivity contribution in [2.75, 3.05) is 0 Å². The lowest BCUT2D eigenvalue weighted by atomic mass is 9.90. The highest BCUT2D eigenvalue weighted by Crippen LogP contribution is 2.46. The van der Waals surface area contributed by atoms with E-state index in [1.54, 1.807) is 16.8 Å². The molecule has 1 unspecified atom stereocenters. The number of nitrogens with zero attached hydrogens (tertiary/aromatic N) is 4. The average Bonchev–Trinajstić information content (AvgIpc) is 2.75. The SMILES string of the molecule is [C-]#[N+]C1CC(C)(C)c2c1cnc1cc(Cl)nn21. The quantitative estimate of drug-likeness (QED) is 0.670. The van der Waals surface area contributed by atoms with Crippen LogP contribution in [0.1, 0.15) is 37.6 Å². The first-order valence-electron chi connectivity index (χ1n) is 5.44. The Hall–Kier alpha value is -1.60. The van der Waals surface area contributed by atoms with E-state index in [2.05, 4.69) is 28.8 Å². The Kier molecular flexibility index (Phi) is 1.99. The van der Waals surface area contributed by atoms with Crippen LogP contribution in [0.2, 0.25) is 5.15 Å². The van der Waals surface area contributed by atoms with Crippen LogP contribution in [0.3, 0.4) is 0 Å². The third-order valence-corrected chi connectivity index (χ3v) is 3.53. The summed E-state index contributed by atoms with van der Waals surface area (Å²) in [6.07, 6.45) is 2.60. The lowest BCUT2D eigenvalue weighted by Crippen LogP contribution is -2.17. The highest BCUT2D eigenvalue weighted by molar-refractivity contribution is 6.29. The lowest BCUT2D eigenvalue weighted by Gasteiger charge is -2.17. The van der Waals surface area contributed by atoms with Crippen molar-refractivity contribution in [3.05, 3.63) is 40.1 Å². The molecule has 17 heavy (non-hydrogen) atoms. The highest BCUT2D eigenvalue weighted by Gasteiger charge is 2.43. The maximum atomic E-state index is 7.26. The van der Waals surface area contributed by atoms with Crippen LogP contribution >= 0.6 is 11.6 Å². The molecule has 0 aliphatic heterocycles. The summed E-state index contributed by atoms with van der Waals surface area (Å²) in [7, 11) is 0. The second kappa shape index (κ2) is 3.21. The first-order chi connectivity index (χ1) is 8.03. The molecular formula is C12H11ClN4. The molecule has 0 amide bonds. The Balaban J connectivity index is 2.40. The van der Waals surface area contributed by atoms with Crippen LogP contribution in [0.4, 0.5) is 0 Å². The zero-order valence-electron chi connectivity index (χ0n) is 9.61. The molecule has 0 aromatic carbocycles. The van der Waals surface area contributed by atoms with Gasteiger partial charge in [-0.3, -0.25) is 0 Å². The smallest absolute Gasteiger partial charge is 0.252 e. The number of fused-ring (bicyclic) bond motifs is 3. The van der Waals surface area contributed by atoms with Gasteiger partial charge in [-0.05, 0) is 0 Å². The molecule has 2 heterocycles. The molecule has 86 valence electrons. The molecule has 1 aliphatic carbocycles. The van der Waals surface area contributed by atoms with Crippen molar-refractivity contribution in [1.82, 2.24) is 14.6 Å². The fourth-order valence-electron chi connectivity index (χ4n) is 2.65. The molecule has 1 aliphatic rings. The standard InChI is InChI=1S/C12H11ClN4/c1-12(2)5-8(14-3)7-6-15-10-4-9(13)16-17(10)11(7)12/h4,6,8H,5H2,1-2H3. The van der Waals surface area contributed by atoms with Crippen LogP contribution in [0.25, 0.3) is 10.5 Å². The molecule has 1 atom stereocenters. The van der Waals surface area contributed by atoms with Crippen molar-refractivity contribution < 1.29 is 0 Å². The molecule has 0 saturated heterocycles. The molecule has 0 spiro atoms. The second-order valence-corrected chi connectivity index (χ2v) is 5.42. The largest absolute Gasteiger partial charge is 0.308 e. The molecule has 0 radical (unpaired) electrons. The minimum atomic E-state index is -0.111. The van der Waals surface area contributed by atoms with Gasteiger partial charge in [0.2, 0.25) is 0 Å². The zero-order chi connectivity index (χ0) is 12.2. The Labute approximate surface area is 104 Å². The Morgan fingerprint density at radius 3 is 3.06 bits per heavy atom. The number of rotatable bonds is 0. The van der Waals surface area contributed by atoms with E-state index in [0.29, 0.717) is 5.15 Å². The summed E-state index contributed by atoms with van der Waals surface area (Å²) in [6.45, 7) is 11.5. The summed E-state index contributed by atoms with van der Waals surface area (Å²) in [5.74, 6) is 0. The summed E-state index contributed by atoms with van der Waals surface area (Å²) >= 11 is 5.92. The molecule has 2 aromatic rings. The van der Waals surface area contributed by atoms with Crippen molar-refractivity contribution in [2.45, 2.75) is 31.7 Å². The van der Waals surface area contributed by atoms with Crippen molar-refractivity contribution in [3.63, 3.8) is 0 Å². The van der Waals surface area contributed by atoms with Crippen molar-refractivity contribution in [1.29, 1.82) is 0 Å². The summed E-state index contributed by atoms with van der Waals surface area (Å²) < 4.78 is 1.78. The van der Waals surface area contributed by atoms with Crippen molar-refractivity contribution in [3.8, 4) is 0 Å². The Morgan fingerprint density at radius 2 is 2.35 bits per heavy atom. The number of aromatic nitrogens is 3. The number of hydrogen-bond donors (Lipinski definition) is 0. The summed E-state index contributed by atoms with van der Waals surface area (Å²) in [5.41, 5.74) is 2.72. The molecule has 0 bridgehead atoms. The molecule has 4 nitrogen and oxygen atoms in total. The predicted octanol–water partition coefficient (Wildman–Crippen LogP) is 3.02. The van der Waals surface area contributed by atoms with Crippen LogP contribution in [-0.4, -0.2) is 14.6 Å². The minimum absolute atomic E-state index is 0.0684. The van der Waals surface area contributed by atoms with Gasteiger partial charge in [0.05, 0.1) is 11.3 Å². The van der Waals surface area contributed by atoms with Gasteiger partial charge in [0.15, 0.2) is 10.8 Å². The van der Waals surface area contributed by atoms with E-state index < -0.39 is 0 Å². The molecule has 3 rings (SSSR count). The van der Waals surface area contributed by atoms with Gasteiger partial charge in [-0.1, -0.05) is 25.4 Å². The van der Waals surface area contributed by atoms with Crippen LogP contribution in [0.15, 0.2) is 12.3 Å². The van der Waals surface area contributed by atoms with E-state index in [1.807, 2.05) is 0 Å². The van der Waals surface area contributed by atoms with E-state index >= 15 is 0 Å². The van der Waals surface area contributed by atoms with Gasteiger partial charge in [0.25, 0.3) is 6.04 Å². The van der Waals surface area contributed by atoms with Crippen LogP contribution in [-0.2, 0) is 5.41 Å². The molecule has 0 fully saturated rings. The van der Waals surface area contributed by atoms with Gasteiger partial charge >= 0.3 is 0 Å². The van der Waals surface area contributed by atoms with Gasteiger partial charge in [0, 0.05) is 24.1 Å². The van der Waals surface area contributed by atoms with E-state index in [9.17, 15) is 0 Å². The molecule has 0 saturated carbocycles. The highest BCUT2D eigenvalue weighted by atomic mass is 35.5. The van der Waals surface area contributed by atoms with Crippen LogP contribution in [0, 0.1) is 6.57 Å². The van der Waals surface area contributed by atoms with Crippen LogP contribution in [0.5, 0.6) is 0 Å². The van der Waals surface area contributed by atoms with Crippen molar-refractivity contribution >= 4 is 17.2 Å². The minimum Gasteiger partial charge on any atom is -0.308 e. The number of hydrogen-bond acceptors (Lipinski definition) is 2. The zero-order valence-corrected chi connectivity index (χ0v) is 10.4. The fourth-order valence-corrected chi connectivity index (χ4v) is 2.82. The normalized spacial score (nSPS) is 21.4. The lowest BCUT2D eigenvalue weighted by molar-refractivity contribution is 0.482. The van der Waals surface area contributed by atoms with Gasteiger partial charge in [0.1, 0.15) is 0 Å². The van der Waals surface area contributed by atoms with E-state index in [0.717, 1.165) is 23.3 Å². The summed E-state index contributed by atoms with van der Waals surface area (Å²) in [6, 6.07) is 1.63. The number of halogens is 1. The first-order valence-corrected chi connectivity index (χ1v) is 5.82. The van der Waals surface area contributed by atoms with Gasteiger partial charge < -0.3 is 4.85 Å². The van der Waals surface area contributed by atoms with Gasteiger partial charge in [-0.25, -0.2) is 16.1 Å². The molecule has 5 heteroatoms. The van der Waals surface area contributed by atoms with Gasteiger partial charge in [-0.2, -0.15) is 5.10 Å². The van der Waals surface area contributed by atoms with Crippen molar-refractivity contribution in [2.24, 2.45) is 0 Å². The Bertz CT molecular complexity index is 650. The maximum Gasteiger partial charge on any atom is 0.252 e. The average molecular weight is 247 g/mol. The third-order valence-electron chi connectivity index (χ3n) is 3.34. The third kappa shape index (κ3) is 1.36. The monoisotopic (exact) mass is 246 g/mol. The predicted molar refractivity (Wildman–Crippen MR) is 65.0 cm³/mol. The van der Waals surface area contributed by atoms with E-state index in [4.69, 9.17) is 18.2 Å². The molecule has 0 N–H and O–H groups in total. The Morgan fingerprint density at radius 1 is 1.59 bits per heavy atom. The van der Waals surface area contributed by atoms with E-state index in [-0.39, 0.29) is 11.5 Å². The molecular weight excluding hydrogens is 236 g/mol. The molecule has 2 aromatic heterocycles. The maximum absolute atomic E-state index is 7.26. The fraction of sp³-hybridized carbons (Fsp3) is 0.417. The summed E-state index contributed by atoms with van der Waals surface area (Å²) in [5, 5.41) is 4.70. The van der Waals surface area contributed by atoms with E-state index in [1.165, 1.54) is 0 Å². The summed E-state index contributed by atoms with van der Waals surface area (Å²) in [4.78, 5) is 7.98.